The minimum absolute atomic E-state index is 0.219. The Bertz CT molecular complexity index is 686. The zero-order chi connectivity index (χ0) is 20.6. The summed E-state index contributed by atoms with van der Waals surface area (Å²) >= 11 is 0. The second kappa shape index (κ2) is 10.3. The third-order valence-corrected chi connectivity index (χ3v) is 5.04. The molecule has 0 radical (unpaired) electrons. The molecule has 0 aromatic heterocycles. The molecular formula is C22H29F2NO3. The summed E-state index contributed by atoms with van der Waals surface area (Å²) in [7, 11) is 1.31. The quantitative estimate of drug-likeness (QED) is 0.327. The van der Waals surface area contributed by atoms with Crippen LogP contribution in [-0.4, -0.2) is 42.4 Å². The van der Waals surface area contributed by atoms with Crippen LogP contribution in [0.1, 0.15) is 61.4 Å². The number of benzene rings is 1. The number of carbonyl (C=O) groups excluding carboxylic acids is 2. The molecule has 0 spiro atoms. The summed E-state index contributed by atoms with van der Waals surface area (Å²) in [5, 5.41) is 0. The zero-order valence-electron chi connectivity index (χ0n) is 16.6. The van der Waals surface area contributed by atoms with E-state index >= 15 is 0 Å². The minimum atomic E-state index is -3.30. The summed E-state index contributed by atoms with van der Waals surface area (Å²) in [6, 6.07) is 6.21. The number of methoxy groups -OCH3 is 1. The Morgan fingerprint density at radius 2 is 1.96 bits per heavy atom. The molecule has 0 N–H and O–H groups in total. The molecule has 154 valence electrons. The van der Waals surface area contributed by atoms with E-state index in [0.29, 0.717) is 12.0 Å². The molecule has 0 bridgehead atoms. The molecule has 1 aliphatic heterocycles. The van der Waals surface area contributed by atoms with E-state index in [0.717, 1.165) is 31.2 Å². The number of allylic oxidation sites excluding steroid dienone is 1. The summed E-state index contributed by atoms with van der Waals surface area (Å²) in [6.45, 7) is 2.36. The van der Waals surface area contributed by atoms with Crippen molar-refractivity contribution >= 4 is 11.9 Å². The average Bonchev–Trinajstić information content (AvgIpc) is 2.91. The van der Waals surface area contributed by atoms with Gasteiger partial charge in [-0.05, 0) is 37.0 Å². The van der Waals surface area contributed by atoms with Crippen molar-refractivity contribution in [2.45, 2.75) is 63.8 Å². The van der Waals surface area contributed by atoms with Crippen LogP contribution < -0.4 is 0 Å². The van der Waals surface area contributed by atoms with Crippen molar-refractivity contribution in [1.29, 1.82) is 0 Å². The molecule has 1 atom stereocenters. The number of ether oxygens (including phenoxy) is 1. The van der Waals surface area contributed by atoms with Gasteiger partial charge < -0.3 is 9.64 Å². The van der Waals surface area contributed by atoms with Gasteiger partial charge in [-0.3, -0.25) is 4.79 Å². The first-order valence-corrected chi connectivity index (χ1v) is 9.92. The molecule has 2 rings (SSSR count). The topological polar surface area (TPSA) is 46.6 Å². The number of nitrogens with zero attached hydrogens (tertiary/aromatic N) is 1. The van der Waals surface area contributed by atoms with Crippen LogP contribution >= 0.6 is 0 Å². The van der Waals surface area contributed by atoms with Gasteiger partial charge in [-0.1, -0.05) is 50.5 Å². The standard InChI is InChI=1S/C22H29F2NO3/c1-3-4-5-6-7-8-9-19-16-22(23,24)21(27)25(19)15-14-17-10-12-18(13-11-17)20(26)28-2/h8-13,19H,3-7,14-16H2,1-2H3/b9-8+. The lowest BCUT2D eigenvalue weighted by atomic mass is 10.1. The van der Waals surface area contributed by atoms with Crippen molar-refractivity contribution in [1.82, 2.24) is 4.90 Å². The molecule has 1 aliphatic rings. The van der Waals surface area contributed by atoms with Gasteiger partial charge >= 0.3 is 11.9 Å². The maximum Gasteiger partial charge on any atom is 0.337 e. The lowest BCUT2D eigenvalue weighted by Gasteiger charge is -2.21. The Labute approximate surface area is 165 Å². The lowest BCUT2D eigenvalue weighted by Crippen LogP contribution is -2.37. The number of likely N-dealkylation sites (tertiary alicyclic amines) is 1. The lowest BCUT2D eigenvalue weighted by molar-refractivity contribution is -0.148. The maximum absolute atomic E-state index is 13.9. The summed E-state index contributed by atoms with van der Waals surface area (Å²) in [5.74, 6) is -4.82. The Hall–Kier alpha value is -2.24. The second-order valence-electron chi connectivity index (χ2n) is 7.19. The summed E-state index contributed by atoms with van der Waals surface area (Å²) in [6.07, 6.45) is 9.01. The molecule has 28 heavy (non-hydrogen) atoms. The molecule has 1 amide bonds. The number of hydrogen-bond acceptors (Lipinski definition) is 3. The highest BCUT2D eigenvalue weighted by Gasteiger charge is 2.52. The Morgan fingerprint density at radius 1 is 1.25 bits per heavy atom. The molecule has 1 unspecified atom stereocenters. The van der Waals surface area contributed by atoms with Gasteiger partial charge in [0.05, 0.1) is 18.7 Å². The Kier molecular flexibility index (Phi) is 8.15. The van der Waals surface area contributed by atoms with Crippen molar-refractivity contribution < 1.29 is 23.1 Å². The number of halogens is 2. The first-order chi connectivity index (χ1) is 13.4. The molecule has 0 saturated carbocycles. The fraction of sp³-hybridized carbons (Fsp3) is 0.545. The highest BCUT2D eigenvalue weighted by Crippen LogP contribution is 2.34. The molecule has 4 nitrogen and oxygen atoms in total. The van der Waals surface area contributed by atoms with Crippen LogP contribution in [0.5, 0.6) is 0 Å². The van der Waals surface area contributed by atoms with E-state index in [1.807, 2.05) is 6.08 Å². The van der Waals surface area contributed by atoms with Crippen LogP contribution in [-0.2, 0) is 16.0 Å². The maximum atomic E-state index is 13.9. The van der Waals surface area contributed by atoms with Crippen molar-refractivity contribution in [3.63, 3.8) is 0 Å². The van der Waals surface area contributed by atoms with Crippen LogP contribution in [0.25, 0.3) is 0 Å². The summed E-state index contributed by atoms with van der Waals surface area (Å²) in [5.41, 5.74) is 1.30. The van der Waals surface area contributed by atoms with Crippen LogP contribution in [0.15, 0.2) is 36.4 Å². The zero-order valence-corrected chi connectivity index (χ0v) is 16.6. The Morgan fingerprint density at radius 3 is 2.61 bits per heavy atom. The first-order valence-electron chi connectivity index (χ1n) is 9.92. The monoisotopic (exact) mass is 393 g/mol. The van der Waals surface area contributed by atoms with Crippen molar-refractivity contribution in [2.75, 3.05) is 13.7 Å². The largest absolute Gasteiger partial charge is 0.465 e. The van der Waals surface area contributed by atoms with Crippen molar-refractivity contribution in [2.24, 2.45) is 0 Å². The van der Waals surface area contributed by atoms with Gasteiger partial charge in [-0.2, -0.15) is 8.78 Å². The fourth-order valence-corrected chi connectivity index (χ4v) is 3.38. The number of carbonyl (C=O) groups is 2. The van der Waals surface area contributed by atoms with Gasteiger partial charge in [-0.25, -0.2) is 4.79 Å². The van der Waals surface area contributed by atoms with Crippen LogP contribution in [0.2, 0.25) is 0 Å². The SMILES string of the molecule is CCCCCC/C=C/C1CC(F)(F)C(=O)N1CCc1ccc(C(=O)OC)cc1. The molecular weight excluding hydrogens is 364 g/mol. The normalized spacial score (nSPS) is 18.8. The van der Waals surface area contributed by atoms with Gasteiger partial charge in [0.2, 0.25) is 0 Å². The second-order valence-corrected chi connectivity index (χ2v) is 7.19. The molecule has 1 saturated heterocycles. The average molecular weight is 393 g/mol. The smallest absolute Gasteiger partial charge is 0.337 e. The van der Waals surface area contributed by atoms with Crippen LogP contribution in [0.4, 0.5) is 8.78 Å². The number of unbranched alkanes of at least 4 members (excludes halogenated alkanes) is 4. The first kappa shape index (κ1) is 22.1. The van der Waals surface area contributed by atoms with E-state index in [2.05, 4.69) is 11.7 Å². The molecule has 0 aliphatic carbocycles. The number of hydrogen-bond donors (Lipinski definition) is 0. The van der Waals surface area contributed by atoms with E-state index in [9.17, 15) is 18.4 Å². The van der Waals surface area contributed by atoms with Gasteiger partial charge in [0.25, 0.3) is 5.91 Å². The molecule has 1 aromatic rings. The van der Waals surface area contributed by atoms with Gasteiger partial charge in [0.15, 0.2) is 0 Å². The van der Waals surface area contributed by atoms with Crippen molar-refractivity contribution in [3.05, 3.63) is 47.5 Å². The van der Waals surface area contributed by atoms with E-state index < -0.39 is 30.3 Å². The fourth-order valence-electron chi connectivity index (χ4n) is 3.38. The summed E-state index contributed by atoms with van der Waals surface area (Å²) in [4.78, 5) is 24.8. The van der Waals surface area contributed by atoms with Crippen LogP contribution in [0.3, 0.4) is 0 Å². The summed E-state index contributed by atoms with van der Waals surface area (Å²) < 4.78 is 32.5. The molecule has 1 heterocycles. The third-order valence-electron chi connectivity index (χ3n) is 5.04. The van der Waals surface area contributed by atoms with Crippen molar-refractivity contribution in [3.8, 4) is 0 Å². The van der Waals surface area contributed by atoms with E-state index in [1.165, 1.54) is 18.4 Å². The van der Waals surface area contributed by atoms with Gasteiger partial charge in [0, 0.05) is 13.0 Å². The minimum Gasteiger partial charge on any atom is -0.465 e. The third kappa shape index (κ3) is 5.88. The molecule has 1 aromatic carbocycles. The number of esters is 1. The van der Waals surface area contributed by atoms with E-state index in [-0.39, 0.29) is 6.54 Å². The predicted octanol–water partition coefficient (Wildman–Crippen LogP) is 4.78. The molecule has 1 fully saturated rings. The van der Waals surface area contributed by atoms with Crippen LogP contribution in [0, 0.1) is 0 Å². The number of alkyl halides is 2. The number of amides is 1. The predicted molar refractivity (Wildman–Crippen MR) is 104 cm³/mol. The number of rotatable bonds is 10. The van der Waals surface area contributed by atoms with Gasteiger partial charge in [-0.15, -0.1) is 0 Å². The molecule has 6 heteroatoms. The van der Waals surface area contributed by atoms with E-state index in [1.54, 1.807) is 30.3 Å². The highest BCUT2D eigenvalue weighted by molar-refractivity contribution is 5.89. The highest BCUT2D eigenvalue weighted by atomic mass is 19.3. The Balaban J connectivity index is 1.95. The van der Waals surface area contributed by atoms with Gasteiger partial charge in [0.1, 0.15) is 0 Å². The van der Waals surface area contributed by atoms with E-state index in [4.69, 9.17) is 0 Å².